The van der Waals surface area contributed by atoms with E-state index >= 15 is 0 Å². The Bertz CT molecular complexity index is 1030. The fourth-order valence-electron chi connectivity index (χ4n) is 4.54. The molecule has 1 saturated heterocycles. The molecule has 0 saturated carbocycles. The molecule has 4 rings (SSSR count). The predicted molar refractivity (Wildman–Crippen MR) is 143 cm³/mol. The van der Waals surface area contributed by atoms with Crippen LogP contribution in [0.1, 0.15) is 40.7 Å². The third-order valence-corrected chi connectivity index (χ3v) is 7.42. The molecule has 35 heavy (non-hydrogen) atoms. The standard InChI is InChI=1S/C28H35N3O3S/c1-21-8-9-24(19-25(21)30-28(33)26-20-35-17-16-34-26)27(32)29-12-5-13-31-14-10-23(11-15-31)18-22-6-3-2-4-7-22/h2-4,6-9,19-20,23H,5,10-18H2,1H3,(H,29,32)(H,30,33). The Balaban J connectivity index is 1.17. The topological polar surface area (TPSA) is 70.7 Å². The first-order chi connectivity index (χ1) is 17.1. The maximum atomic E-state index is 12.7. The van der Waals surface area contributed by atoms with Crippen LogP contribution in [0.3, 0.4) is 0 Å². The van der Waals surface area contributed by atoms with Crippen molar-refractivity contribution < 1.29 is 14.3 Å². The quantitative estimate of drug-likeness (QED) is 0.499. The fraction of sp³-hybridized carbons (Fsp3) is 0.429. The molecule has 0 radical (unpaired) electrons. The van der Waals surface area contributed by atoms with E-state index < -0.39 is 0 Å². The maximum Gasteiger partial charge on any atom is 0.291 e. The number of nitrogens with zero attached hydrogens (tertiary/aromatic N) is 1. The molecule has 1 fully saturated rings. The van der Waals surface area contributed by atoms with Crippen molar-refractivity contribution >= 4 is 29.3 Å². The predicted octanol–water partition coefficient (Wildman–Crippen LogP) is 4.61. The molecule has 6 nitrogen and oxygen atoms in total. The minimum Gasteiger partial charge on any atom is -0.487 e. The summed E-state index contributed by atoms with van der Waals surface area (Å²) in [4.78, 5) is 27.6. The average Bonchev–Trinajstić information content (AvgIpc) is 2.90. The number of thioether (sulfide) groups is 1. The zero-order chi connectivity index (χ0) is 24.5. The number of rotatable bonds is 9. The number of carbonyl (C=O) groups is 2. The van der Waals surface area contributed by atoms with E-state index in [4.69, 9.17) is 4.74 Å². The van der Waals surface area contributed by atoms with Crippen LogP contribution < -0.4 is 10.6 Å². The number of carbonyl (C=O) groups excluding carboxylic acids is 2. The molecule has 2 heterocycles. The molecule has 0 spiro atoms. The Hall–Kier alpha value is -2.77. The van der Waals surface area contributed by atoms with Crippen molar-refractivity contribution in [3.05, 3.63) is 76.4 Å². The van der Waals surface area contributed by atoms with Crippen LogP contribution in [0.5, 0.6) is 0 Å². The number of hydrogen-bond donors (Lipinski definition) is 2. The minimum atomic E-state index is -0.287. The lowest BCUT2D eigenvalue weighted by Gasteiger charge is -2.32. The van der Waals surface area contributed by atoms with Gasteiger partial charge in [-0.15, -0.1) is 11.8 Å². The van der Waals surface area contributed by atoms with Gasteiger partial charge in [-0.25, -0.2) is 0 Å². The molecular weight excluding hydrogens is 458 g/mol. The second-order valence-corrected chi connectivity index (χ2v) is 10.2. The Morgan fingerprint density at radius 2 is 1.89 bits per heavy atom. The van der Waals surface area contributed by atoms with Crippen LogP contribution in [-0.2, 0) is 16.0 Å². The molecule has 2 amide bonds. The van der Waals surface area contributed by atoms with Gasteiger partial charge in [0.25, 0.3) is 11.8 Å². The van der Waals surface area contributed by atoms with E-state index in [9.17, 15) is 9.59 Å². The summed E-state index contributed by atoms with van der Waals surface area (Å²) in [5, 5.41) is 7.63. The number of piperidine rings is 1. The molecule has 2 aromatic rings. The molecule has 0 unspecified atom stereocenters. The van der Waals surface area contributed by atoms with Crippen LogP contribution >= 0.6 is 11.8 Å². The van der Waals surface area contributed by atoms with Crippen molar-refractivity contribution in [3.63, 3.8) is 0 Å². The molecule has 2 N–H and O–H groups in total. The lowest BCUT2D eigenvalue weighted by Crippen LogP contribution is -2.36. The Labute approximate surface area is 212 Å². The molecule has 2 aliphatic heterocycles. The molecular formula is C28H35N3O3S. The van der Waals surface area contributed by atoms with Gasteiger partial charge in [0.2, 0.25) is 0 Å². The summed E-state index contributed by atoms with van der Waals surface area (Å²) in [5.41, 5.74) is 3.50. The van der Waals surface area contributed by atoms with E-state index in [2.05, 4.69) is 45.9 Å². The zero-order valence-corrected chi connectivity index (χ0v) is 21.2. The van der Waals surface area contributed by atoms with E-state index in [-0.39, 0.29) is 11.8 Å². The van der Waals surface area contributed by atoms with Crippen LogP contribution in [-0.4, -0.2) is 55.3 Å². The molecule has 186 valence electrons. The van der Waals surface area contributed by atoms with Crippen LogP contribution in [0.2, 0.25) is 0 Å². The van der Waals surface area contributed by atoms with Crippen LogP contribution in [0, 0.1) is 12.8 Å². The molecule has 0 bridgehead atoms. The van der Waals surface area contributed by atoms with Crippen molar-refractivity contribution in [1.82, 2.24) is 10.2 Å². The van der Waals surface area contributed by atoms with Crippen LogP contribution in [0.25, 0.3) is 0 Å². The van der Waals surface area contributed by atoms with Gasteiger partial charge in [-0.1, -0.05) is 36.4 Å². The summed E-state index contributed by atoms with van der Waals surface area (Å²) in [6.45, 7) is 6.33. The second-order valence-electron chi connectivity index (χ2n) is 9.27. The fourth-order valence-corrected chi connectivity index (χ4v) is 5.16. The summed E-state index contributed by atoms with van der Waals surface area (Å²) < 4.78 is 5.42. The SMILES string of the molecule is Cc1ccc(C(=O)NCCCN2CCC(Cc3ccccc3)CC2)cc1NC(=O)C1=CSCCO1. The molecule has 0 aromatic heterocycles. The van der Waals surface area contributed by atoms with Gasteiger partial charge in [0, 0.05) is 29.0 Å². The van der Waals surface area contributed by atoms with Gasteiger partial charge in [0.15, 0.2) is 5.76 Å². The van der Waals surface area contributed by atoms with Gasteiger partial charge in [-0.3, -0.25) is 9.59 Å². The third-order valence-electron chi connectivity index (χ3n) is 6.63. The zero-order valence-electron chi connectivity index (χ0n) is 20.4. The lowest BCUT2D eigenvalue weighted by molar-refractivity contribution is -0.116. The first kappa shape index (κ1) is 25.3. The Morgan fingerprint density at radius 1 is 1.09 bits per heavy atom. The van der Waals surface area contributed by atoms with E-state index in [0.29, 0.717) is 30.2 Å². The Morgan fingerprint density at radius 3 is 2.63 bits per heavy atom. The van der Waals surface area contributed by atoms with Gasteiger partial charge in [0.1, 0.15) is 0 Å². The molecule has 2 aliphatic rings. The van der Waals surface area contributed by atoms with Gasteiger partial charge in [0.05, 0.1) is 6.61 Å². The van der Waals surface area contributed by atoms with Gasteiger partial charge in [-0.2, -0.15) is 0 Å². The number of ether oxygens (including phenoxy) is 1. The minimum absolute atomic E-state index is 0.120. The third kappa shape index (κ3) is 7.61. The van der Waals surface area contributed by atoms with Gasteiger partial charge >= 0.3 is 0 Å². The molecule has 7 heteroatoms. The van der Waals surface area contributed by atoms with Crippen molar-refractivity contribution in [2.75, 3.05) is 43.9 Å². The molecule has 0 atom stereocenters. The highest BCUT2D eigenvalue weighted by atomic mass is 32.2. The summed E-state index contributed by atoms with van der Waals surface area (Å²) in [7, 11) is 0. The first-order valence-electron chi connectivity index (χ1n) is 12.5. The van der Waals surface area contributed by atoms with E-state index in [0.717, 1.165) is 43.3 Å². The number of anilines is 1. The molecule has 2 aromatic carbocycles. The van der Waals surface area contributed by atoms with Gasteiger partial charge in [-0.05, 0) is 81.4 Å². The van der Waals surface area contributed by atoms with Crippen molar-refractivity contribution in [1.29, 1.82) is 0 Å². The smallest absolute Gasteiger partial charge is 0.291 e. The van der Waals surface area contributed by atoms with Crippen molar-refractivity contribution in [2.24, 2.45) is 5.92 Å². The molecule has 0 aliphatic carbocycles. The number of amides is 2. The summed E-state index contributed by atoms with van der Waals surface area (Å²) in [6.07, 6.45) is 4.57. The average molecular weight is 494 g/mol. The van der Waals surface area contributed by atoms with Crippen LogP contribution in [0.4, 0.5) is 5.69 Å². The number of likely N-dealkylation sites (tertiary alicyclic amines) is 1. The monoisotopic (exact) mass is 493 g/mol. The maximum absolute atomic E-state index is 12.7. The van der Waals surface area contributed by atoms with E-state index in [1.54, 1.807) is 29.3 Å². The van der Waals surface area contributed by atoms with Crippen molar-refractivity contribution in [2.45, 2.75) is 32.6 Å². The van der Waals surface area contributed by atoms with Crippen LogP contribution in [0.15, 0.2) is 59.7 Å². The van der Waals surface area contributed by atoms with Gasteiger partial charge < -0.3 is 20.3 Å². The largest absolute Gasteiger partial charge is 0.487 e. The highest BCUT2D eigenvalue weighted by Crippen LogP contribution is 2.22. The van der Waals surface area contributed by atoms with E-state index in [1.807, 2.05) is 13.0 Å². The summed E-state index contributed by atoms with van der Waals surface area (Å²) in [5.74, 6) is 1.53. The number of nitrogens with one attached hydrogen (secondary N) is 2. The number of benzene rings is 2. The summed E-state index contributed by atoms with van der Waals surface area (Å²) >= 11 is 1.56. The second kappa shape index (κ2) is 12.8. The highest BCUT2D eigenvalue weighted by Gasteiger charge is 2.19. The van der Waals surface area contributed by atoms with E-state index in [1.165, 1.54) is 24.8 Å². The summed E-state index contributed by atoms with van der Waals surface area (Å²) in [6, 6.07) is 16.1. The normalized spacial score (nSPS) is 16.8. The highest BCUT2D eigenvalue weighted by molar-refractivity contribution is 8.02. The Kier molecular flexibility index (Phi) is 9.26. The number of aryl methyl sites for hydroxylation is 1. The first-order valence-corrected chi connectivity index (χ1v) is 13.5. The van der Waals surface area contributed by atoms with Crippen molar-refractivity contribution in [3.8, 4) is 0 Å². The number of hydrogen-bond acceptors (Lipinski definition) is 5. The lowest BCUT2D eigenvalue weighted by atomic mass is 9.90.